The first-order chi connectivity index (χ1) is 9.09. The fourth-order valence-electron chi connectivity index (χ4n) is 2.07. The van der Waals surface area contributed by atoms with Gasteiger partial charge in [-0.3, -0.25) is 9.48 Å². The molecule has 3 rings (SSSR count). The molecule has 3 aromatic rings. The van der Waals surface area contributed by atoms with Crippen LogP contribution in [0.5, 0.6) is 0 Å². The molecule has 0 saturated carbocycles. The number of nitrogens with zero attached hydrogens (tertiary/aromatic N) is 5. The summed E-state index contributed by atoms with van der Waals surface area (Å²) in [7, 11) is 3.49. The van der Waals surface area contributed by atoms with E-state index in [1.807, 2.05) is 31.3 Å². The highest BCUT2D eigenvalue weighted by atomic mass is 79.9. The van der Waals surface area contributed by atoms with Gasteiger partial charge in [0.25, 0.3) is 0 Å². The summed E-state index contributed by atoms with van der Waals surface area (Å²) in [4.78, 5) is 12.6. The zero-order valence-electron chi connectivity index (χ0n) is 10.3. The van der Waals surface area contributed by atoms with Gasteiger partial charge in [0.05, 0.1) is 5.52 Å². The van der Waals surface area contributed by atoms with Crippen molar-refractivity contribution in [2.45, 2.75) is 0 Å². The second-order valence-corrected chi connectivity index (χ2v) is 4.92. The molecule has 2 aromatic heterocycles. The molecule has 0 spiro atoms. The fourth-order valence-corrected chi connectivity index (χ4v) is 2.57. The van der Waals surface area contributed by atoms with Crippen molar-refractivity contribution in [2.75, 3.05) is 0 Å². The van der Waals surface area contributed by atoms with Crippen LogP contribution in [0.25, 0.3) is 10.9 Å². The summed E-state index contributed by atoms with van der Waals surface area (Å²) in [6.07, 6.45) is 0. The molecule has 96 valence electrons. The fraction of sp³-hybridized carbons (Fsp3) is 0.167. The van der Waals surface area contributed by atoms with Crippen LogP contribution in [-0.4, -0.2) is 30.6 Å². The van der Waals surface area contributed by atoms with Gasteiger partial charge in [-0.05, 0) is 22.0 Å². The maximum atomic E-state index is 12.6. The van der Waals surface area contributed by atoms with E-state index >= 15 is 0 Å². The van der Waals surface area contributed by atoms with E-state index in [9.17, 15) is 4.79 Å². The van der Waals surface area contributed by atoms with E-state index in [1.54, 1.807) is 11.7 Å². The first kappa shape index (κ1) is 12.0. The quantitative estimate of drug-likeness (QED) is 0.674. The third-order valence-corrected chi connectivity index (χ3v) is 3.51. The number of benzene rings is 1. The third kappa shape index (κ3) is 1.77. The lowest BCUT2D eigenvalue weighted by molar-refractivity contribution is 0.102. The Morgan fingerprint density at radius 2 is 1.95 bits per heavy atom. The summed E-state index contributed by atoms with van der Waals surface area (Å²) < 4.78 is 3.56. The molecule has 0 radical (unpaired) electrons. The Hall–Kier alpha value is -2.02. The second-order valence-electron chi connectivity index (χ2n) is 4.17. The Labute approximate surface area is 117 Å². The number of carbonyl (C=O) groups is 1. The smallest absolute Gasteiger partial charge is 0.234 e. The molecular formula is C12H10BrN5O. The Kier molecular flexibility index (Phi) is 2.70. The Morgan fingerprint density at radius 1 is 1.21 bits per heavy atom. The number of aromatic nitrogens is 5. The molecule has 0 unspecified atom stereocenters. The first-order valence-electron chi connectivity index (χ1n) is 5.61. The molecule has 7 heteroatoms. The zero-order chi connectivity index (χ0) is 13.6. The number of rotatable bonds is 2. The summed E-state index contributed by atoms with van der Waals surface area (Å²) in [6, 6.07) is 7.61. The molecule has 19 heavy (non-hydrogen) atoms. The monoisotopic (exact) mass is 319 g/mol. The normalized spacial score (nSPS) is 11.1. The number of ketones is 1. The largest absolute Gasteiger partial charge is 0.285 e. The predicted octanol–water partition coefficient (Wildman–Crippen LogP) is 1.70. The van der Waals surface area contributed by atoms with Crippen LogP contribution < -0.4 is 0 Å². The molecule has 2 heterocycles. The molecule has 0 aliphatic carbocycles. The average molecular weight is 320 g/mol. The van der Waals surface area contributed by atoms with Gasteiger partial charge in [-0.1, -0.05) is 23.4 Å². The highest BCUT2D eigenvalue weighted by molar-refractivity contribution is 9.10. The minimum atomic E-state index is -0.198. The Balaban J connectivity index is 2.23. The predicted molar refractivity (Wildman–Crippen MR) is 72.8 cm³/mol. The Bertz CT molecular complexity index is 769. The van der Waals surface area contributed by atoms with Crippen LogP contribution in [0.3, 0.4) is 0 Å². The highest BCUT2D eigenvalue weighted by Gasteiger charge is 2.23. The lowest BCUT2D eigenvalue weighted by Crippen LogP contribution is -2.10. The molecule has 0 fully saturated rings. The summed E-state index contributed by atoms with van der Waals surface area (Å²) in [6.45, 7) is 0. The van der Waals surface area contributed by atoms with Crippen molar-refractivity contribution < 1.29 is 4.79 Å². The number of para-hydroxylation sites is 1. The zero-order valence-corrected chi connectivity index (χ0v) is 11.9. The van der Waals surface area contributed by atoms with Crippen molar-refractivity contribution in [3.8, 4) is 0 Å². The molecular weight excluding hydrogens is 310 g/mol. The van der Waals surface area contributed by atoms with Crippen molar-refractivity contribution >= 4 is 32.6 Å². The van der Waals surface area contributed by atoms with E-state index in [1.165, 1.54) is 4.68 Å². The van der Waals surface area contributed by atoms with Crippen molar-refractivity contribution in [3.63, 3.8) is 0 Å². The van der Waals surface area contributed by atoms with E-state index in [0.29, 0.717) is 16.0 Å². The maximum absolute atomic E-state index is 12.6. The number of halogens is 1. The van der Waals surface area contributed by atoms with Crippen molar-refractivity contribution in [1.82, 2.24) is 24.8 Å². The minimum Gasteiger partial charge on any atom is -0.285 e. The molecule has 0 amide bonds. The SMILES string of the molecule is Cn1nnc(Br)c1C(=O)c1nn(C)c2ccccc12. The standard InChI is InChI=1S/C12H10BrN5O/c1-17-8-6-4-3-5-7(8)9(15-17)11(19)10-12(13)14-16-18(10)2/h3-6H,1-2H3. The first-order valence-corrected chi connectivity index (χ1v) is 6.40. The molecule has 0 aliphatic heterocycles. The van der Waals surface area contributed by atoms with Gasteiger partial charge >= 0.3 is 0 Å². The van der Waals surface area contributed by atoms with Gasteiger partial charge in [-0.15, -0.1) is 5.10 Å². The minimum absolute atomic E-state index is 0.198. The summed E-state index contributed by atoms with van der Waals surface area (Å²) in [5.74, 6) is -0.198. The van der Waals surface area contributed by atoms with Crippen LogP contribution in [0.4, 0.5) is 0 Å². The van der Waals surface area contributed by atoms with E-state index in [4.69, 9.17) is 0 Å². The molecule has 0 bridgehead atoms. The second kappa shape index (κ2) is 4.27. The van der Waals surface area contributed by atoms with Gasteiger partial charge in [0.2, 0.25) is 5.78 Å². The Morgan fingerprint density at radius 3 is 2.63 bits per heavy atom. The van der Waals surface area contributed by atoms with Crippen LogP contribution in [0, 0.1) is 0 Å². The van der Waals surface area contributed by atoms with Gasteiger partial charge in [0.15, 0.2) is 4.60 Å². The van der Waals surface area contributed by atoms with E-state index in [0.717, 1.165) is 10.9 Å². The topological polar surface area (TPSA) is 65.6 Å². The molecule has 0 aliphatic rings. The lowest BCUT2D eigenvalue weighted by Gasteiger charge is -1.98. The third-order valence-electron chi connectivity index (χ3n) is 2.97. The highest BCUT2D eigenvalue weighted by Crippen LogP contribution is 2.22. The van der Waals surface area contributed by atoms with Crippen LogP contribution in [-0.2, 0) is 14.1 Å². The number of carbonyl (C=O) groups excluding carboxylic acids is 1. The van der Waals surface area contributed by atoms with Crippen LogP contribution >= 0.6 is 15.9 Å². The summed E-state index contributed by atoms with van der Waals surface area (Å²) in [5, 5.41) is 12.8. The molecule has 6 nitrogen and oxygen atoms in total. The molecule has 1 aromatic carbocycles. The molecule has 0 N–H and O–H groups in total. The number of fused-ring (bicyclic) bond motifs is 1. The van der Waals surface area contributed by atoms with Gasteiger partial charge < -0.3 is 0 Å². The van der Waals surface area contributed by atoms with Crippen molar-refractivity contribution in [3.05, 3.63) is 40.3 Å². The van der Waals surface area contributed by atoms with E-state index in [2.05, 4.69) is 31.3 Å². The number of aryl methyl sites for hydroxylation is 2. The maximum Gasteiger partial charge on any atom is 0.234 e. The van der Waals surface area contributed by atoms with Gasteiger partial charge in [-0.25, -0.2) is 4.68 Å². The van der Waals surface area contributed by atoms with Crippen LogP contribution in [0.2, 0.25) is 0 Å². The lowest BCUT2D eigenvalue weighted by atomic mass is 10.1. The van der Waals surface area contributed by atoms with E-state index in [-0.39, 0.29) is 5.78 Å². The van der Waals surface area contributed by atoms with Crippen LogP contribution in [0.1, 0.15) is 16.2 Å². The van der Waals surface area contributed by atoms with Crippen LogP contribution in [0.15, 0.2) is 28.9 Å². The average Bonchev–Trinajstić information content (AvgIpc) is 2.91. The van der Waals surface area contributed by atoms with E-state index < -0.39 is 0 Å². The summed E-state index contributed by atoms with van der Waals surface area (Å²) in [5.41, 5.74) is 1.71. The van der Waals surface area contributed by atoms with Crippen molar-refractivity contribution in [2.24, 2.45) is 14.1 Å². The molecule has 0 saturated heterocycles. The van der Waals surface area contributed by atoms with Crippen molar-refractivity contribution in [1.29, 1.82) is 0 Å². The van der Waals surface area contributed by atoms with Gasteiger partial charge in [0.1, 0.15) is 11.4 Å². The number of hydrogen-bond donors (Lipinski definition) is 0. The number of hydrogen-bond acceptors (Lipinski definition) is 4. The van der Waals surface area contributed by atoms with Gasteiger partial charge in [-0.2, -0.15) is 5.10 Å². The van der Waals surface area contributed by atoms with Gasteiger partial charge in [0, 0.05) is 19.5 Å². The summed E-state index contributed by atoms with van der Waals surface area (Å²) >= 11 is 3.24. The molecule has 0 atom stereocenters.